The van der Waals surface area contributed by atoms with E-state index in [0.717, 1.165) is 29.3 Å². The lowest BCUT2D eigenvalue weighted by Crippen LogP contribution is -2.35. The lowest BCUT2D eigenvalue weighted by atomic mass is 10.2. The number of piperidine rings is 1. The predicted octanol–water partition coefficient (Wildman–Crippen LogP) is 2.93. The normalized spacial score (nSPS) is 21.5. The Labute approximate surface area is 110 Å². The van der Waals surface area contributed by atoms with Gasteiger partial charge in [0.05, 0.1) is 0 Å². The third-order valence-corrected chi connectivity index (χ3v) is 3.69. The Morgan fingerprint density at radius 3 is 2.65 bits per heavy atom. The van der Waals surface area contributed by atoms with Crippen LogP contribution in [0.1, 0.15) is 43.8 Å². The monoisotopic (exact) mass is 296 g/mol. The fraction of sp³-hybridized carbons (Fsp3) is 0.667. The molecule has 1 N–H and O–H groups in total. The molecule has 0 spiro atoms. The van der Waals surface area contributed by atoms with E-state index in [1.165, 1.54) is 32.1 Å². The molecule has 17 heavy (non-hydrogen) atoms. The Kier molecular flexibility index (Phi) is 3.29. The van der Waals surface area contributed by atoms with Crippen molar-refractivity contribution in [1.82, 2.24) is 15.0 Å². The minimum absolute atomic E-state index is 0.592. The summed E-state index contributed by atoms with van der Waals surface area (Å²) in [6.45, 7) is 2.22. The molecule has 3 rings (SSSR count). The summed E-state index contributed by atoms with van der Waals surface area (Å²) in [4.78, 5) is 9.03. The molecule has 0 aromatic carbocycles. The summed E-state index contributed by atoms with van der Waals surface area (Å²) in [6, 6.07) is 1.96. The summed E-state index contributed by atoms with van der Waals surface area (Å²) >= 11 is 3.46. The van der Waals surface area contributed by atoms with Crippen LogP contribution in [0.5, 0.6) is 0 Å². The van der Waals surface area contributed by atoms with Gasteiger partial charge in [-0.2, -0.15) is 0 Å². The zero-order chi connectivity index (χ0) is 11.7. The topological polar surface area (TPSA) is 41.0 Å². The van der Waals surface area contributed by atoms with Gasteiger partial charge in [-0.1, -0.05) is 6.42 Å². The number of hydrogen-bond donors (Lipinski definition) is 1. The molecule has 0 radical (unpaired) electrons. The maximum absolute atomic E-state index is 4.60. The van der Waals surface area contributed by atoms with E-state index in [9.17, 15) is 0 Å². The highest BCUT2D eigenvalue weighted by molar-refractivity contribution is 9.10. The van der Waals surface area contributed by atoms with Crippen molar-refractivity contribution in [2.45, 2.75) is 38.0 Å². The van der Waals surface area contributed by atoms with Crippen LogP contribution in [0.25, 0.3) is 0 Å². The molecule has 92 valence electrons. The van der Waals surface area contributed by atoms with Gasteiger partial charge in [0, 0.05) is 25.1 Å². The van der Waals surface area contributed by atoms with E-state index in [4.69, 9.17) is 0 Å². The predicted molar refractivity (Wildman–Crippen MR) is 70.8 cm³/mol. The van der Waals surface area contributed by atoms with Crippen LogP contribution in [-0.4, -0.2) is 28.1 Å². The van der Waals surface area contributed by atoms with Crippen molar-refractivity contribution < 1.29 is 0 Å². The van der Waals surface area contributed by atoms with Crippen LogP contribution in [0.4, 0.5) is 5.82 Å². The van der Waals surface area contributed by atoms with Gasteiger partial charge >= 0.3 is 0 Å². The molecule has 1 aromatic rings. The zero-order valence-corrected chi connectivity index (χ0v) is 11.4. The molecule has 2 fully saturated rings. The average molecular weight is 297 g/mol. The van der Waals surface area contributed by atoms with Gasteiger partial charge in [0.25, 0.3) is 0 Å². The highest BCUT2D eigenvalue weighted by Crippen LogP contribution is 2.38. The maximum atomic E-state index is 4.60. The Balaban J connectivity index is 1.72. The number of anilines is 1. The molecule has 0 bridgehead atoms. The summed E-state index contributed by atoms with van der Waals surface area (Å²) in [5.41, 5.74) is 3.40. The van der Waals surface area contributed by atoms with Crippen LogP contribution in [-0.2, 0) is 0 Å². The van der Waals surface area contributed by atoms with Crippen molar-refractivity contribution in [3.8, 4) is 0 Å². The van der Waals surface area contributed by atoms with E-state index in [-0.39, 0.29) is 0 Å². The fourth-order valence-electron chi connectivity index (χ4n) is 2.18. The molecule has 1 saturated heterocycles. The second kappa shape index (κ2) is 4.90. The molecular formula is C12H17BrN4. The molecule has 4 nitrogen and oxygen atoms in total. The van der Waals surface area contributed by atoms with Crippen molar-refractivity contribution in [2.75, 3.05) is 18.5 Å². The summed E-state index contributed by atoms with van der Waals surface area (Å²) in [5.74, 6) is 2.50. The molecule has 0 unspecified atom stereocenters. The number of hydrazine groups is 1. The van der Waals surface area contributed by atoms with Crippen LogP contribution >= 0.6 is 15.9 Å². The van der Waals surface area contributed by atoms with Gasteiger partial charge in [-0.15, -0.1) is 0 Å². The number of aromatic nitrogens is 2. The van der Waals surface area contributed by atoms with Crippen LogP contribution in [0.15, 0.2) is 10.7 Å². The molecule has 2 heterocycles. The summed E-state index contributed by atoms with van der Waals surface area (Å²) in [7, 11) is 0. The van der Waals surface area contributed by atoms with Gasteiger partial charge in [0.2, 0.25) is 0 Å². The first kappa shape index (κ1) is 11.4. The molecular weight excluding hydrogens is 280 g/mol. The lowest BCUT2D eigenvalue weighted by Gasteiger charge is -2.27. The smallest absolute Gasteiger partial charge is 0.145 e. The summed E-state index contributed by atoms with van der Waals surface area (Å²) in [6.07, 6.45) is 6.36. The van der Waals surface area contributed by atoms with E-state index in [2.05, 4.69) is 36.3 Å². The van der Waals surface area contributed by atoms with Crippen molar-refractivity contribution >= 4 is 21.7 Å². The average Bonchev–Trinajstić information content (AvgIpc) is 3.13. The van der Waals surface area contributed by atoms with Crippen molar-refractivity contribution in [3.63, 3.8) is 0 Å². The van der Waals surface area contributed by atoms with Crippen LogP contribution < -0.4 is 5.43 Å². The molecule has 5 heteroatoms. The van der Waals surface area contributed by atoms with Crippen LogP contribution in [0, 0.1) is 0 Å². The first-order valence-electron chi connectivity index (χ1n) is 6.37. The van der Waals surface area contributed by atoms with Gasteiger partial charge in [0.1, 0.15) is 16.2 Å². The fourth-order valence-corrected chi connectivity index (χ4v) is 2.58. The Bertz CT molecular complexity index is 399. The van der Waals surface area contributed by atoms with E-state index < -0.39 is 0 Å². The second-order valence-corrected chi connectivity index (χ2v) is 5.68. The summed E-state index contributed by atoms with van der Waals surface area (Å²) in [5, 5.41) is 2.26. The second-order valence-electron chi connectivity index (χ2n) is 4.87. The third-order valence-electron chi connectivity index (χ3n) is 3.28. The molecule has 0 amide bonds. The van der Waals surface area contributed by atoms with Gasteiger partial charge in [-0.25, -0.2) is 15.0 Å². The Morgan fingerprint density at radius 1 is 1.18 bits per heavy atom. The first-order chi connectivity index (χ1) is 8.31. The summed E-state index contributed by atoms with van der Waals surface area (Å²) < 4.78 is 0.883. The lowest BCUT2D eigenvalue weighted by molar-refractivity contribution is 0.272. The third kappa shape index (κ3) is 2.96. The first-order valence-corrected chi connectivity index (χ1v) is 7.16. The zero-order valence-electron chi connectivity index (χ0n) is 9.82. The minimum Gasteiger partial charge on any atom is -0.303 e. The van der Waals surface area contributed by atoms with Crippen molar-refractivity contribution in [1.29, 1.82) is 0 Å². The minimum atomic E-state index is 0.592. The van der Waals surface area contributed by atoms with Crippen LogP contribution in [0.2, 0.25) is 0 Å². The molecule has 1 aliphatic heterocycles. The van der Waals surface area contributed by atoms with Gasteiger partial charge < -0.3 is 5.43 Å². The van der Waals surface area contributed by atoms with Gasteiger partial charge in [0.15, 0.2) is 0 Å². The number of nitrogens with zero attached hydrogens (tertiary/aromatic N) is 3. The highest BCUT2D eigenvalue weighted by atomic mass is 79.9. The van der Waals surface area contributed by atoms with E-state index in [0.29, 0.717) is 5.92 Å². The van der Waals surface area contributed by atoms with E-state index in [1.807, 2.05) is 6.07 Å². The number of rotatable bonds is 3. The quantitative estimate of drug-likeness (QED) is 0.871. The Hall–Kier alpha value is -0.680. The molecule has 1 aromatic heterocycles. The SMILES string of the molecule is Brc1cc(NN2CCCCC2)nc(C2CC2)n1. The van der Waals surface area contributed by atoms with Gasteiger partial charge in [-0.05, 0) is 41.6 Å². The maximum Gasteiger partial charge on any atom is 0.145 e. The van der Waals surface area contributed by atoms with Crippen molar-refractivity contribution in [3.05, 3.63) is 16.5 Å². The van der Waals surface area contributed by atoms with E-state index >= 15 is 0 Å². The molecule has 1 saturated carbocycles. The Morgan fingerprint density at radius 2 is 1.94 bits per heavy atom. The molecule has 0 atom stereocenters. The standard InChI is InChI=1S/C12H17BrN4/c13-10-8-11(15-12(14-10)9-4-5-9)16-17-6-2-1-3-7-17/h8-9H,1-7H2,(H,14,15,16). The number of nitrogens with one attached hydrogen (secondary N) is 1. The van der Waals surface area contributed by atoms with Crippen molar-refractivity contribution in [2.24, 2.45) is 0 Å². The van der Waals surface area contributed by atoms with Gasteiger partial charge in [-0.3, -0.25) is 0 Å². The van der Waals surface area contributed by atoms with E-state index in [1.54, 1.807) is 0 Å². The largest absolute Gasteiger partial charge is 0.303 e. The molecule has 2 aliphatic rings. The van der Waals surface area contributed by atoms with Crippen LogP contribution in [0.3, 0.4) is 0 Å². The molecule has 1 aliphatic carbocycles. The number of hydrogen-bond acceptors (Lipinski definition) is 4. The number of halogens is 1. The highest BCUT2D eigenvalue weighted by Gasteiger charge is 2.27.